The first kappa shape index (κ1) is 10.7. The Morgan fingerprint density at radius 2 is 1.80 bits per heavy atom. The molecule has 2 atom stereocenters. The molecule has 1 aliphatic rings. The van der Waals surface area contributed by atoms with Gasteiger partial charge < -0.3 is 4.74 Å². The van der Waals surface area contributed by atoms with Gasteiger partial charge in [0.1, 0.15) is 0 Å². The fourth-order valence-corrected chi connectivity index (χ4v) is 2.04. The highest BCUT2D eigenvalue weighted by Crippen LogP contribution is 2.42. The van der Waals surface area contributed by atoms with Crippen LogP contribution in [0.1, 0.15) is 31.9 Å². The van der Waals surface area contributed by atoms with Gasteiger partial charge in [0.15, 0.2) is 0 Å². The topological polar surface area (TPSA) is 9.23 Å². The van der Waals surface area contributed by atoms with Crippen LogP contribution in [0.3, 0.4) is 0 Å². The van der Waals surface area contributed by atoms with E-state index in [1.807, 2.05) is 0 Å². The lowest BCUT2D eigenvalue weighted by Crippen LogP contribution is -2.55. The predicted octanol–water partition coefficient (Wildman–Crippen LogP) is 3.35. The highest BCUT2D eigenvalue weighted by atomic mass is 16.5. The van der Waals surface area contributed by atoms with Gasteiger partial charge in [0.2, 0.25) is 0 Å². The summed E-state index contributed by atoms with van der Waals surface area (Å²) in [5.41, 5.74) is 3.02. The molecule has 1 aromatic carbocycles. The first-order valence-electron chi connectivity index (χ1n) is 5.71. The number of ether oxygens (including phenoxy) is 1. The third-order valence-corrected chi connectivity index (χ3v) is 3.79. The van der Waals surface area contributed by atoms with Gasteiger partial charge >= 0.3 is 0 Å². The molecule has 0 aromatic heterocycles. The standard InChI is InChI=1S/C14H20O/c1-10-5-7-12(8-6-10)9-13-14(3,4)11(2)15-13/h5-8,11,13H,9H2,1-4H3. The van der Waals surface area contributed by atoms with Crippen molar-refractivity contribution in [3.05, 3.63) is 35.4 Å². The van der Waals surface area contributed by atoms with E-state index in [9.17, 15) is 0 Å². The van der Waals surface area contributed by atoms with Crippen molar-refractivity contribution < 1.29 is 4.74 Å². The molecule has 2 rings (SSSR count). The summed E-state index contributed by atoms with van der Waals surface area (Å²) in [6.07, 6.45) is 1.82. The maximum Gasteiger partial charge on any atom is 0.0694 e. The van der Waals surface area contributed by atoms with Crippen LogP contribution >= 0.6 is 0 Å². The molecular weight excluding hydrogens is 184 g/mol. The average molecular weight is 204 g/mol. The largest absolute Gasteiger partial charge is 0.374 e. The number of rotatable bonds is 2. The van der Waals surface area contributed by atoms with Gasteiger partial charge in [0, 0.05) is 5.41 Å². The zero-order valence-electron chi connectivity index (χ0n) is 10.1. The molecule has 0 aliphatic carbocycles. The van der Waals surface area contributed by atoms with E-state index in [4.69, 9.17) is 4.74 Å². The highest BCUT2D eigenvalue weighted by molar-refractivity contribution is 5.22. The van der Waals surface area contributed by atoms with E-state index in [0.717, 1.165) is 6.42 Å². The maximum absolute atomic E-state index is 5.79. The van der Waals surface area contributed by atoms with Gasteiger partial charge in [-0.1, -0.05) is 43.7 Å². The fourth-order valence-electron chi connectivity index (χ4n) is 2.04. The quantitative estimate of drug-likeness (QED) is 0.718. The maximum atomic E-state index is 5.79. The fraction of sp³-hybridized carbons (Fsp3) is 0.571. The zero-order valence-corrected chi connectivity index (χ0v) is 10.1. The molecule has 1 saturated heterocycles. The van der Waals surface area contributed by atoms with Crippen LogP contribution in [0.2, 0.25) is 0 Å². The first-order valence-corrected chi connectivity index (χ1v) is 5.71. The molecule has 1 nitrogen and oxygen atoms in total. The molecule has 2 unspecified atom stereocenters. The number of benzene rings is 1. The summed E-state index contributed by atoms with van der Waals surface area (Å²) >= 11 is 0. The second-order valence-corrected chi connectivity index (χ2v) is 5.28. The number of hydrogen-bond acceptors (Lipinski definition) is 1. The molecule has 1 fully saturated rings. The molecular formula is C14H20O. The average Bonchev–Trinajstić information content (AvgIpc) is 2.21. The lowest BCUT2D eigenvalue weighted by molar-refractivity contribution is -0.224. The lowest BCUT2D eigenvalue weighted by atomic mass is 9.73. The molecule has 0 N–H and O–H groups in total. The van der Waals surface area contributed by atoms with Crippen LogP contribution in [0.4, 0.5) is 0 Å². The molecule has 1 heterocycles. The van der Waals surface area contributed by atoms with Gasteiger partial charge in [0.25, 0.3) is 0 Å². The van der Waals surface area contributed by atoms with E-state index in [1.54, 1.807) is 0 Å². The van der Waals surface area contributed by atoms with Crippen molar-refractivity contribution in [3.8, 4) is 0 Å². The van der Waals surface area contributed by atoms with Gasteiger partial charge in [-0.15, -0.1) is 0 Å². The van der Waals surface area contributed by atoms with Gasteiger partial charge in [-0.25, -0.2) is 0 Å². The summed E-state index contributed by atoms with van der Waals surface area (Å²) < 4.78 is 5.79. The molecule has 1 aromatic rings. The minimum Gasteiger partial charge on any atom is -0.374 e. The van der Waals surface area contributed by atoms with Crippen molar-refractivity contribution in [3.63, 3.8) is 0 Å². The highest BCUT2D eigenvalue weighted by Gasteiger charge is 2.46. The minimum atomic E-state index is 0.324. The van der Waals surface area contributed by atoms with Gasteiger partial charge in [0.05, 0.1) is 12.2 Å². The molecule has 15 heavy (non-hydrogen) atoms. The van der Waals surface area contributed by atoms with Crippen molar-refractivity contribution in [2.24, 2.45) is 5.41 Å². The monoisotopic (exact) mass is 204 g/mol. The van der Waals surface area contributed by atoms with Crippen LogP contribution in [0.5, 0.6) is 0 Å². The van der Waals surface area contributed by atoms with Crippen molar-refractivity contribution in [2.45, 2.75) is 46.3 Å². The third kappa shape index (κ3) is 1.93. The molecule has 0 bridgehead atoms. The molecule has 1 aliphatic heterocycles. The second kappa shape index (κ2) is 3.64. The zero-order chi connectivity index (χ0) is 11.1. The second-order valence-electron chi connectivity index (χ2n) is 5.28. The van der Waals surface area contributed by atoms with Crippen LogP contribution in [-0.4, -0.2) is 12.2 Å². The summed E-state index contributed by atoms with van der Waals surface area (Å²) in [5.74, 6) is 0. The Morgan fingerprint density at radius 1 is 1.20 bits per heavy atom. The Kier molecular flexibility index (Phi) is 2.59. The van der Waals surface area contributed by atoms with E-state index in [0.29, 0.717) is 17.6 Å². The minimum absolute atomic E-state index is 0.324. The summed E-state index contributed by atoms with van der Waals surface area (Å²) in [4.78, 5) is 0. The first-order chi connectivity index (χ1) is 7.00. The van der Waals surface area contributed by atoms with E-state index >= 15 is 0 Å². The summed E-state index contributed by atoms with van der Waals surface area (Å²) in [7, 11) is 0. The molecule has 1 heteroatoms. The molecule has 82 valence electrons. The third-order valence-electron chi connectivity index (χ3n) is 3.79. The summed E-state index contributed by atoms with van der Waals surface area (Å²) in [5, 5.41) is 0. The van der Waals surface area contributed by atoms with Crippen LogP contribution in [0.25, 0.3) is 0 Å². The van der Waals surface area contributed by atoms with E-state index in [1.165, 1.54) is 11.1 Å². The molecule has 0 saturated carbocycles. The van der Waals surface area contributed by atoms with Crippen LogP contribution in [0.15, 0.2) is 24.3 Å². The van der Waals surface area contributed by atoms with E-state index < -0.39 is 0 Å². The molecule has 0 radical (unpaired) electrons. The van der Waals surface area contributed by atoms with Crippen LogP contribution < -0.4 is 0 Å². The Hall–Kier alpha value is -0.820. The van der Waals surface area contributed by atoms with Crippen LogP contribution in [-0.2, 0) is 11.2 Å². The Morgan fingerprint density at radius 3 is 2.27 bits per heavy atom. The van der Waals surface area contributed by atoms with Crippen molar-refractivity contribution in [1.82, 2.24) is 0 Å². The Labute approximate surface area is 92.5 Å². The Balaban J connectivity index is 2.02. The van der Waals surface area contributed by atoms with Gasteiger partial charge in [-0.3, -0.25) is 0 Å². The summed E-state index contributed by atoms with van der Waals surface area (Å²) in [6, 6.07) is 8.75. The lowest BCUT2D eigenvalue weighted by Gasteiger charge is -2.50. The number of hydrogen-bond donors (Lipinski definition) is 0. The van der Waals surface area contributed by atoms with Crippen LogP contribution in [0, 0.1) is 12.3 Å². The van der Waals surface area contributed by atoms with Gasteiger partial charge in [-0.05, 0) is 25.8 Å². The van der Waals surface area contributed by atoms with Gasteiger partial charge in [-0.2, -0.15) is 0 Å². The normalized spacial score (nSPS) is 28.5. The smallest absolute Gasteiger partial charge is 0.0694 e. The summed E-state index contributed by atoms with van der Waals surface area (Å²) in [6.45, 7) is 8.86. The van der Waals surface area contributed by atoms with Crippen molar-refractivity contribution >= 4 is 0 Å². The predicted molar refractivity (Wildman–Crippen MR) is 63.0 cm³/mol. The van der Waals surface area contributed by atoms with E-state index in [2.05, 4.69) is 52.0 Å². The molecule has 0 spiro atoms. The Bertz CT molecular complexity index is 337. The SMILES string of the molecule is Cc1ccc(CC2OC(C)C2(C)C)cc1. The van der Waals surface area contributed by atoms with Crippen molar-refractivity contribution in [1.29, 1.82) is 0 Å². The molecule has 0 amide bonds. The van der Waals surface area contributed by atoms with E-state index in [-0.39, 0.29) is 0 Å². The van der Waals surface area contributed by atoms with Crippen molar-refractivity contribution in [2.75, 3.05) is 0 Å². The number of aryl methyl sites for hydroxylation is 1.